The van der Waals surface area contributed by atoms with E-state index in [0.717, 1.165) is 16.8 Å². The third-order valence-corrected chi connectivity index (χ3v) is 5.31. The molecule has 0 amide bonds. The van der Waals surface area contributed by atoms with Crippen LogP contribution in [0.2, 0.25) is 0 Å². The maximum Gasteiger partial charge on any atom is 0.242 e. The van der Waals surface area contributed by atoms with E-state index in [4.69, 9.17) is 4.52 Å². The summed E-state index contributed by atoms with van der Waals surface area (Å²) in [6.07, 6.45) is 3.11. The van der Waals surface area contributed by atoms with E-state index >= 15 is 0 Å². The molecule has 7 nitrogen and oxygen atoms in total. The molecule has 3 rings (SSSR count). The molecule has 0 aliphatic carbocycles. The average Bonchev–Trinajstić information content (AvgIpc) is 3.13. The summed E-state index contributed by atoms with van der Waals surface area (Å²) in [6.45, 7) is 9.73. The molecule has 8 heteroatoms. The fraction of sp³-hybridized carbons (Fsp3) is 0.389. The van der Waals surface area contributed by atoms with Crippen molar-refractivity contribution < 1.29 is 12.9 Å². The van der Waals surface area contributed by atoms with Crippen LogP contribution in [0.1, 0.15) is 43.6 Å². The Balaban J connectivity index is 1.96. The Bertz CT molecular complexity index is 1020. The molecule has 0 N–H and O–H groups in total. The predicted molar refractivity (Wildman–Crippen MR) is 96.9 cm³/mol. The highest BCUT2D eigenvalue weighted by Crippen LogP contribution is 2.22. The molecule has 138 valence electrons. The monoisotopic (exact) mass is 374 g/mol. The Labute approximate surface area is 153 Å². The lowest BCUT2D eigenvalue weighted by Crippen LogP contribution is -2.14. The summed E-state index contributed by atoms with van der Waals surface area (Å²) in [7, 11) is -3.75. The smallest absolute Gasteiger partial charge is 0.242 e. The number of sulfone groups is 1. The highest BCUT2D eigenvalue weighted by Gasteiger charge is 2.27. The van der Waals surface area contributed by atoms with E-state index < -0.39 is 15.6 Å². The van der Waals surface area contributed by atoms with Gasteiger partial charge in [0.2, 0.25) is 20.9 Å². The highest BCUT2D eigenvalue weighted by atomic mass is 32.2. The van der Waals surface area contributed by atoms with Crippen LogP contribution in [0.3, 0.4) is 0 Å². The summed E-state index contributed by atoms with van der Waals surface area (Å²) in [5, 5.41) is 3.84. The second kappa shape index (κ2) is 6.35. The number of rotatable bonds is 4. The van der Waals surface area contributed by atoms with Crippen LogP contribution in [0.5, 0.6) is 0 Å². The average molecular weight is 374 g/mol. The van der Waals surface area contributed by atoms with Gasteiger partial charge in [0.25, 0.3) is 0 Å². The quantitative estimate of drug-likeness (QED) is 0.697. The van der Waals surface area contributed by atoms with Gasteiger partial charge >= 0.3 is 0 Å². The van der Waals surface area contributed by atoms with Crippen LogP contribution in [0.4, 0.5) is 0 Å². The Morgan fingerprint density at radius 3 is 2.35 bits per heavy atom. The number of aryl methyl sites for hydroxylation is 2. The van der Waals surface area contributed by atoms with E-state index in [2.05, 4.69) is 15.1 Å². The van der Waals surface area contributed by atoms with Gasteiger partial charge in [-0.25, -0.2) is 13.4 Å². The van der Waals surface area contributed by atoms with Crippen molar-refractivity contribution in [1.29, 1.82) is 0 Å². The zero-order valence-corrected chi connectivity index (χ0v) is 16.3. The van der Waals surface area contributed by atoms with Crippen LogP contribution in [-0.4, -0.2) is 28.1 Å². The lowest BCUT2D eigenvalue weighted by molar-refractivity contribution is 0.371. The molecule has 0 saturated carbocycles. The maximum atomic E-state index is 12.9. The minimum Gasteiger partial charge on any atom is -0.338 e. The summed E-state index contributed by atoms with van der Waals surface area (Å²) in [5.41, 5.74) is 2.52. The maximum absolute atomic E-state index is 12.9. The molecular weight excluding hydrogens is 352 g/mol. The summed E-state index contributed by atoms with van der Waals surface area (Å²) in [5.74, 6) is 0.142. The number of hydrogen-bond acceptors (Lipinski definition) is 6. The van der Waals surface area contributed by atoms with E-state index in [1.807, 2.05) is 52.8 Å². The Hall–Kier alpha value is -2.48. The van der Waals surface area contributed by atoms with Gasteiger partial charge in [0.1, 0.15) is 5.75 Å². The van der Waals surface area contributed by atoms with Crippen molar-refractivity contribution in [2.75, 3.05) is 0 Å². The zero-order valence-electron chi connectivity index (χ0n) is 15.5. The standard InChI is InChI=1S/C18H22N4O3S/c1-12-8-13(2)10-14(9-12)22-7-6-19-17(22)26(23,24)11-15-20-16(21-25-15)18(3,4)5/h6-10H,11H2,1-5H3. The number of benzene rings is 1. The molecule has 3 aromatic rings. The third kappa shape index (κ3) is 3.70. The fourth-order valence-electron chi connectivity index (χ4n) is 2.65. The second-order valence-corrected chi connectivity index (χ2v) is 9.33. The van der Waals surface area contributed by atoms with Crippen LogP contribution in [-0.2, 0) is 21.0 Å². The van der Waals surface area contributed by atoms with Gasteiger partial charge in [-0.05, 0) is 37.1 Å². The van der Waals surface area contributed by atoms with Gasteiger partial charge in [0, 0.05) is 23.5 Å². The molecule has 0 aliphatic heterocycles. The molecule has 0 saturated heterocycles. The second-order valence-electron chi connectivity index (χ2n) is 7.45. The van der Waals surface area contributed by atoms with Crippen molar-refractivity contribution in [3.05, 3.63) is 53.4 Å². The Morgan fingerprint density at radius 1 is 1.12 bits per heavy atom. The molecule has 0 unspecified atom stereocenters. The van der Waals surface area contributed by atoms with Crippen molar-refractivity contribution in [2.45, 2.75) is 50.9 Å². The van der Waals surface area contributed by atoms with Crippen molar-refractivity contribution in [2.24, 2.45) is 0 Å². The zero-order chi connectivity index (χ0) is 19.1. The predicted octanol–water partition coefficient (Wildman–Crippen LogP) is 3.14. The van der Waals surface area contributed by atoms with Gasteiger partial charge in [-0.15, -0.1) is 0 Å². The number of nitrogens with zero attached hydrogens (tertiary/aromatic N) is 4. The van der Waals surface area contributed by atoms with Crippen LogP contribution in [0.25, 0.3) is 5.69 Å². The lowest BCUT2D eigenvalue weighted by Gasteiger charge is -2.11. The topological polar surface area (TPSA) is 90.9 Å². The molecule has 0 bridgehead atoms. The molecule has 0 spiro atoms. The van der Waals surface area contributed by atoms with Gasteiger partial charge in [0.05, 0.1) is 0 Å². The van der Waals surface area contributed by atoms with Crippen molar-refractivity contribution in [3.63, 3.8) is 0 Å². The molecule has 26 heavy (non-hydrogen) atoms. The van der Waals surface area contributed by atoms with E-state index in [-0.39, 0.29) is 16.5 Å². The van der Waals surface area contributed by atoms with Gasteiger partial charge in [-0.2, -0.15) is 4.98 Å². The molecular formula is C18H22N4O3S. The molecule has 0 fully saturated rings. The van der Waals surface area contributed by atoms with Gasteiger partial charge < -0.3 is 4.52 Å². The minimum atomic E-state index is -3.75. The van der Waals surface area contributed by atoms with Crippen LogP contribution >= 0.6 is 0 Å². The number of imidazole rings is 1. The van der Waals surface area contributed by atoms with Gasteiger partial charge in [0.15, 0.2) is 5.82 Å². The fourth-order valence-corrected chi connectivity index (χ4v) is 3.91. The van der Waals surface area contributed by atoms with E-state index in [1.54, 1.807) is 10.8 Å². The van der Waals surface area contributed by atoms with E-state index in [9.17, 15) is 8.42 Å². The highest BCUT2D eigenvalue weighted by molar-refractivity contribution is 7.90. The Morgan fingerprint density at radius 2 is 1.77 bits per heavy atom. The van der Waals surface area contributed by atoms with Gasteiger partial charge in [-0.1, -0.05) is 32.0 Å². The van der Waals surface area contributed by atoms with Crippen LogP contribution in [0.15, 0.2) is 40.3 Å². The summed E-state index contributed by atoms with van der Waals surface area (Å²) >= 11 is 0. The molecule has 2 heterocycles. The first-order chi connectivity index (χ1) is 12.1. The van der Waals surface area contributed by atoms with Crippen LogP contribution in [0, 0.1) is 13.8 Å². The summed E-state index contributed by atoms with van der Waals surface area (Å²) in [6, 6.07) is 5.86. The van der Waals surface area contributed by atoms with Gasteiger partial charge in [-0.3, -0.25) is 4.57 Å². The number of aromatic nitrogens is 4. The molecule has 2 aromatic heterocycles. The van der Waals surface area contributed by atoms with Crippen LogP contribution < -0.4 is 0 Å². The lowest BCUT2D eigenvalue weighted by atomic mass is 9.96. The van der Waals surface area contributed by atoms with Crippen molar-refractivity contribution >= 4 is 9.84 Å². The molecule has 0 atom stereocenters. The van der Waals surface area contributed by atoms with Crippen molar-refractivity contribution in [1.82, 2.24) is 19.7 Å². The first-order valence-corrected chi connectivity index (χ1v) is 9.89. The minimum absolute atomic E-state index is 0.0435. The largest absolute Gasteiger partial charge is 0.338 e. The van der Waals surface area contributed by atoms with Crippen molar-refractivity contribution in [3.8, 4) is 5.69 Å². The van der Waals surface area contributed by atoms with E-state index in [0.29, 0.717) is 5.82 Å². The first-order valence-electron chi connectivity index (χ1n) is 8.24. The third-order valence-electron chi connectivity index (χ3n) is 3.82. The molecule has 0 aliphatic rings. The summed E-state index contributed by atoms with van der Waals surface area (Å²) < 4.78 is 32.4. The van der Waals surface area contributed by atoms with E-state index in [1.165, 1.54) is 6.20 Å². The SMILES string of the molecule is Cc1cc(C)cc(-n2ccnc2S(=O)(=O)Cc2nc(C(C)(C)C)no2)c1. The first kappa shape index (κ1) is 18.3. The molecule has 1 aromatic carbocycles. The summed E-state index contributed by atoms with van der Waals surface area (Å²) in [4.78, 5) is 8.27. The Kier molecular flexibility index (Phi) is 4.47. The number of hydrogen-bond donors (Lipinski definition) is 0. The normalized spacial score (nSPS) is 12.5. The molecule has 0 radical (unpaired) electrons.